The highest BCUT2D eigenvalue weighted by atomic mass is 127. The molecular weight excluding hydrogens is 620 g/mol. The Labute approximate surface area is 232 Å². The van der Waals surface area contributed by atoms with E-state index < -0.39 is 6.04 Å². The van der Waals surface area contributed by atoms with Crippen LogP contribution in [0.15, 0.2) is 41.6 Å². The number of nitrogens with one attached hydrogen (secondary N) is 3. The zero-order valence-electron chi connectivity index (χ0n) is 19.7. The number of nitrogens with zero attached hydrogens (tertiary/aromatic N) is 2. The van der Waals surface area contributed by atoms with Gasteiger partial charge in [0.1, 0.15) is 5.82 Å². The molecule has 2 aromatic carbocycles. The van der Waals surface area contributed by atoms with E-state index in [1.807, 2.05) is 26.0 Å². The third-order valence-electron chi connectivity index (χ3n) is 5.15. The van der Waals surface area contributed by atoms with Gasteiger partial charge in [-0.2, -0.15) is 0 Å². The number of thioether (sulfide) groups is 1. The van der Waals surface area contributed by atoms with Gasteiger partial charge >= 0.3 is 0 Å². The SMILES string of the molecule is CC(C)c1cc(I)ccc1NC(=O)CSc1n[nH]c([C@H](NC(=O)c2ccc(Cl)cc2Cl)C(C)C)n1. The van der Waals surface area contributed by atoms with Crippen LogP contribution in [-0.2, 0) is 4.79 Å². The Morgan fingerprint density at radius 1 is 1.11 bits per heavy atom. The molecule has 35 heavy (non-hydrogen) atoms. The lowest BCUT2D eigenvalue weighted by atomic mass is 10.0. The summed E-state index contributed by atoms with van der Waals surface area (Å²) in [5, 5.41) is 14.2. The molecule has 0 saturated carbocycles. The standard InChI is InChI=1S/C24H26Cl2IN5O2S/c1-12(2)17-10-15(27)6-8-19(17)28-20(33)11-35-24-30-22(31-32-24)21(13(3)4)29-23(34)16-7-5-14(25)9-18(16)26/h5-10,12-13,21H,11H2,1-4H3,(H,28,33)(H,29,34)(H,30,31,32)/t21-/m1/s1. The molecule has 0 aliphatic heterocycles. The van der Waals surface area contributed by atoms with Gasteiger partial charge in [0.2, 0.25) is 11.1 Å². The Bertz CT molecular complexity index is 1220. The lowest BCUT2D eigenvalue weighted by molar-refractivity contribution is -0.113. The number of carbonyl (C=O) groups excluding carboxylic acids is 2. The molecular formula is C24H26Cl2IN5O2S. The number of halogens is 3. The van der Waals surface area contributed by atoms with Crippen molar-refractivity contribution < 1.29 is 9.59 Å². The maximum Gasteiger partial charge on any atom is 0.253 e. The van der Waals surface area contributed by atoms with Crippen molar-refractivity contribution in [2.75, 3.05) is 11.1 Å². The van der Waals surface area contributed by atoms with Crippen molar-refractivity contribution in [1.29, 1.82) is 0 Å². The number of carbonyl (C=O) groups is 2. The highest BCUT2D eigenvalue weighted by molar-refractivity contribution is 14.1. The summed E-state index contributed by atoms with van der Waals surface area (Å²) in [7, 11) is 0. The highest BCUT2D eigenvalue weighted by Crippen LogP contribution is 2.27. The van der Waals surface area contributed by atoms with Gasteiger partial charge in [-0.3, -0.25) is 14.7 Å². The van der Waals surface area contributed by atoms with Crippen LogP contribution in [0.1, 0.15) is 61.4 Å². The fraction of sp³-hybridized carbons (Fsp3) is 0.333. The third kappa shape index (κ3) is 7.58. The zero-order chi connectivity index (χ0) is 25.7. The summed E-state index contributed by atoms with van der Waals surface area (Å²) in [6.45, 7) is 8.11. The van der Waals surface area contributed by atoms with E-state index in [0.717, 1.165) is 14.8 Å². The quantitative estimate of drug-likeness (QED) is 0.178. The normalized spacial score (nSPS) is 12.1. The first kappa shape index (κ1) is 27.8. The number of amides is 2. The molecule has 0 saturated heterocycles. The zero-order valence-corrected chi connectivity index (χ0v) is 24.1. The van der Waals surface area contributed by atoms with Crippen LogP contribution >= 0.6 is 57.6 Å². The number of aromatic amines is 1. The molecule has 1 atom stereocenters. The van der Waals surface area contributed by atoms with Crippen LogP contribution in [0.5, 0.6) is 0 Å². The molecule has 7 nitrogen and oxygen atoms in total. The third-order valence-corrected chi connectivity index (χ3v) is 7.21. The molecule has 1 heterocycles. The van der Waals surface area contributed by atoms with Crippen LogP contribution in [0.4, 0.5) is 5.69 Å². The molecule has 0 spiro atoms. The molecule has 0 aliphatic carbocycles. The Hall–Kier alpha value is -1.82. The van der Waals surface area contributed by atoms with Crippen LogP contribution in [0.2, 0.25) is 10.0 Å². The summed E-state index contributed by atoms with van der Waals surface area (Å²) in [6.07, 6.45) is 0. The van der Waals surface area contributed by atoms with Crippen molar-refractivity contribution in [2.45, 2.75) is 44.8 Å². The Balaban J connectivity index is 1.64. The van der Waals surface area contributed by atoms with Gasteiger partial charge in [-0.05, 0) is 76.4 Å². The van der Waals surface area contributed by atoms with Crippen molar-refractivity contribution in [3.8, 4) is 0 Å². The van der Waals surface area contributed by atoms with Crippen LogP contribution in [0, 0.1) is 9.49 Å². The second-order valence-electron chi connectivity index (χ2n) is 8.55. The van der Waals surface area contributed by atoms with Crippen molar-refractivity contribution in [3.63, 3.8) is 0 Å². The molecule has 1 aromatic heterocycles. The molecule has 0 bridgehead atoms. The minimum Gasteiger partial charge on any atom is -0.342 e. The smallest absolute Gasteiger partial charge is 0.253 e. The second kappa shape index (κ2) is 12.4. The average molecular weight is 646 g/mol. The maximum absolute atomic E-state index is 12.8. The molecule has 3 rings (SSSR count). The minimum absolute atomic E-state index is 0.0226. The van der Waals surface area contributed by atoms with Gasteiger partial charge in [0.25, 0.3) is 5.91 Å². The van der Waals surface area contributed by atoms with Gasteiger partial charge in [0.15, 0.2) is 0 Å². The fourth-order valence-corrected chi connectivity index (χ4v) is 4.96. The highest BCUT2D eigenvalue weighted by Gasteiger charge is 2.24. The van der Waals surface area contributed by atoms with Crippen molar-refractivity contribution in [3.05, 3.63) is 67.0 Å². The summed E-state index contributed by atoms with van der Waals surface area (Å²) in [5.74, 6) is 0.481. The number of aromatic nitrogens is 3. The largest absolute Gasteiger partial charge is 0.342 e. The van der Waals surface area contributed by atoms with E-state index in [0.29, 0.717) is 21.6 Å². The van der Waals surface area contributed by atoms with Crippen molar-refractivity contribution in [1.82, 2.24) is 20.5 Å². The number of hydrogen-bond acceptors (Lipinski definition) is 5. The van der Waals surface area contributed by atoms with Gasteiger partial charge in [-0.25, -0.2) is 4.98 Å². The number of H-pyrrole nitrogens is 1. The van der Waals surface area contributed by atoms with Crippen LogP contribution < -0.4 is 10.6 Å². The van der Waals surface area contributed by atoms with E-state index in [2.05, 4.69) is 68.3 Å². The second-order valence-corrected chi connectivity index (χ2v) is 11.6. The molecule has 0 aliphatic rings. The van der Waals surface area contributed by atoms with Crippen LogP contribution in [-0.4, -0.2) is 32.7 Å². The first-order chi connectivity index (χ1) is 16.5. The summed E-state index contributed by atoms with van der Waals surface area (Å²) in [5.41, 5.74) is 2.22. The van der Waals surface area contributed by atoms with Gasteiger partial charge in [-0.1, -0.05) is 62.7 Å². The predicted molar refractivity (Wildman–Crippen MR) is 150 cm³/mol. The predicted octanol–water partition coefficient (Wildman–Crippen LogP) is 6.70. The van der Waals surface area contributed by atoms with Crippen molar-refractivity contribution in [2.24, 2.45) is 5.92 Å². The molecule has 0 fully saturated rings. The monoisotopic (exact) mass is 645 g/mol. The van der Waals surface area contributed by atoms with E-state index in [9.17, 15) is 9.59 Å². The van der Waals surface area contributed by atoms with E-state index in [1.165, 1.54) is 17.8 Å². The number of hydrogen-bond donors (Lipinski definition) is 3. The molecule has 3 N–H and O–H groups in total. The van der Waals surface area contributed by atoms with E-state index in [1.54, 1.807) is 12.1 Å². The number of anilines is 1. The fourth-order valence-electron chi connectivity index (χ4n) is 3.35. The topological polar surface area (TPSA) is 99.8 Å². The van der Waals surface area contributed by atoms with Gasteiger partial charge in [0, 0.05) is 14.3 Å². The maximum atomic E-state index is 12.8. The average Bonchev–Trinajstić information content (AvgIpc) is 3.25. The van der Waals surface area contributed by atoms with Crippen LogP contribution in [0.25, 0.3) is 0 Å². The first-order valence-corrected chi connectivity index (χ1v) is 13.8. The molecule has 0 unspecified atom stereocenters. The summed E-state index contributed by atoms with van der Waals surface area (Å²) >= 11 is 15.6. The van der Waals surface area contributed by atoms with Gasteiger partial charge < -0.3 is 10.6 Å². The summed E-state index contributed by atoms with van der Waals surface area (Å²) in [6, 6.07) is 10.3. The van der Waals surface area contributed by atoms with E-state index in [-0.39, 0.29) is 34.4 Å². The molecule has 3 aromatic rings. The van der Waals surface area contributed by atoms with Crippen molar-refractivity contribution >= 4 is 75.1 Å². The van der Waals surface area contributed by atoms with E-state index >= 15 is 0 Å². The summed E-state index contributed by atoms with van der Waals surface area (Å²) < 4.78 is 1.12. The lowest BCUT2D eigenvalue weighted by Crippen LogP contribution is -2.32. The molecule has 11 heteroatoms. The molecule has 2 amide bonds. The Morgan fingerprint density at radius 3 is 2.51 bits per heavy atom. The minimum atomic E-state index is -0.426. The van der Waals surface area contributed by atoms with Crippen LogP contribution in [0.3, 0.4) is 0 Å². The Kier molecular flexibility index (Phi) is 9.86. The lowest BCUT2D eigenvalue weighted by Gasteiger charge is -2.20. The summed E-state index contributed by atoms with van der Waals surface area (Å²) in [4.78, 5) is 29.9. The Morgan fingerprint density at radius 2 is 1.86 bits per heavy atom. The number of rotatable bonds is 9. The van der Waals surface area contributed by atoms with Gasteiger partial charge in [0.05, 0.1) is 22.4 Å². The first-order valence-electron chi connectivity index (χ1n) is 11.0. The van der Waals surface area contributed by atoms with E-state index in [4.69, 9.17) is 23.2 Å². The molecule has 186 valence electrons. The van der Waals surface area contributed by atoms with Gasteiger partial charge in [-0.15, -0.1) is 5.10 Å². The number of benzene rings is 2. The molecule has 0 radical (unpaired) electrons.